The van der Waals surface area contributed by atoms with E-state index in [0.29, 0.717) is 0 Å². The topological polar surface area (TPSA) is 55.4 Å². The molecule has 1 aromatic carbocycles. The van der Waals surface area contributed by atoms with E-state index in [-0.39, 0.29) is 6.04 Å². The summed E-state index contributed by atoms with van der Waals surface area (Å²) in [6, 6.07) is 5.50. The van der Waals surface area contributed by atoms with Gasteiger partial charge in [-0.2, -0.15) is 0 Å². The minimum atomic E-state index is -3.08. The molecule has 1 rings (SSSR count). The third kappa shape index (κ3) is 3.23. The van der Waals surface area contributed by atoms with Gasteiger partial charge in [-0.05, 0) is 38.1 Å². The first-order valence-corrected chi connectivity index (χ1v) is 7.77. The van der Waals surface area contributed by atoms with Gasteiger partial charge in [0, 0.05) is 12.3 Å². The zero-order valence-corrected chi connectivity index (χ0v) is 12.3. The number of rotatable bonds is 5. The van der Waals surface area contributed by atoms with Crippen LogP contribution >= 0.6 is 0 Å². The smallest absolute Gasteiger partial charge is 0.151 e. The first kappa shape index (κ1) is 15.0. The van der Waals surface area contributed by atoms with Gasteiger partial charge in [-0.15, -0.1) is 0 Å². The van der Waals surface area contributed by atoms with Crippen molar-refractivity contribution in [1.29, 1.82) is 0 Å². The van der Waals surface area contributed by atoms with Crippen LogP contribution < -0.4 is 10.1 Å². The van der Waals surface area contributed by atoms with Gasteiger partial charge < -0.3 is 10.1 Å². The zero-order chi connectivity index (χ0) is 13.9. The second-order valence-corrected chi connectivity index (χ2v) is 6.93. The molecular weight excluding hydrogens is 250 g/mol. The lowest BCUT2D eigenvalue weighted by atomic mass is 10.0. The maximum atomic E-state index is 11.6. The van der Waals surface area contributed by atoms with Crippen molar-refractivity contribution in [3.05, 3.63) is 29.3 Å². The Morgan fingerprint density at radius 2 is 1.94 bits per heavy atom. The van der Waals surface area contributed by atoms with E-state index in [0.717, 1.165) is 16.9 Å². The molecule has 0 amide bonds. The van der Waals surface area contributed by atoms with Crippen LogP contribution in [0.25, 0.3) is 0 Å². The highest BCUT2D eigenvalue weighted by molar-refractivity contribution is 7.91. The largest absolute Gasteiger partial charge is 0.496 e. The SMILES string of the molecule is CNC(c1ccc(OC)c(C)c1)C(C)S(C)(=O)=O. The fraction of sp³-hybridized carbons (Fsp3) is 0.538. The van der Waals surface area contributed by atoms with E-state index in [1.54, 1.807) is 21.1 Å². The summed E-state index contributed by atoms with van der Waals surface area (Å²) in [5.41, 5.74) is 1.95. The summed E-state index contributed by atoms with van der Waals surface area (Å²) in [6.07, 6.45) is 1.26. The summed E-state index contributed by atoms with van der Waals surface area (Å²) in [4.78, 5) is 0. The van der Waals surface area contributed by atoms with Gasteiger partial charge in [0.15, 0.2) is 9.84 Å². The molecule has 102 valence electrons. The average Bonchev–Trinajstić information content (AvgIpc) is 2.29. The van der Waals surface area contributed by atoms with Crippen LogP contribution in [0.15, 0.2) is 18.2 Å². The maximum absolute atomic E-state index is 11.6. The third-order valence-corrected chi connectivity index (χ3v) is 4.86. The first-order valence-electron chi connectivity index (χ1n) is 5.82. The van der Waals surface area contributed by atoms with Crippen LogP contribution in [0.2, 0.25) is 0 Å². The molecule has 1 aromatic rings. The molecular formula is C13H21NO3S. The normalized spacial score (nSPS) is 15.2. The number of aryl methyl sites for hydroxylation is 1. The summed E-state index contributed by atoms with van der Waals surface area (Å²) in [5.74, 6) is 0.806. The Labute approximate surface area is 109 Å². The van der Waals surface area contributed by atoms with E-state index in [1.165, 1.54) is 6.26 Å². The number of methoxy groups -OCH3 is 1. The predicted molar refractivity (Wildman–Crippen MR) is 73.8 cm³/mol. The molecule has 0 fully saturated rings. The maximum Gasteiger partial charge on any atom is 0.151 e. The molecule has 2 atom stereocenters. The number of benzene rings is 1. The molecule has 0 aliphatic carbocycles. The summed E-state index contributed by atoms with van der Waals surface area (Å²) >= 11 is 0. The van der Waals surface area contributed by atoms with Gasteiger partial charge in [-0.1, -0.05) is 12.1 Å². The Balaban J connectivity index is 3.14. The summed E-state index contributed by atoms with van der Waals surface area (Å²) in [5, 5.41) is 2.59. The van der Waals surface area contributed by atoms with Crippen molar-refractivity contribution >= 4 is 9.84 Å². The standard InChI is InChI=1S/C13H21NO3S/c1-9-8-11(6-7-12(9)17-4)13(14-3)10(2)18(5,15)16/h6-8,10,13-14H,1-5H3. The van der Waals surface area contributed by atoms with Crippen molar-refractivity contribution in [2.75, 3.05) is 20.4 Å². The van der Waals surface area contributed by atoms with Crippen LogP contribution in [0.1, 0.15) is 24.1 Å². The molecule has 0 spiro atoms. The van der Waals surface area contributed by atoms with Crippen LogP contribution in [0.4, 0.5) is 0 Å². The Morgan fingerprint density at radius 3 is 2.33 bits per heavy atom. The fourth-order valence-corrected chi connectivity index (χ4v) is 2.80. The van der Waals surface area contributed by atoms with Gasteiger partial charge in [0.1, 0.15) is 5.75 Å². The quantitative estimate of drug-likeness (QED) is 0.885. The van der Waals surface area contributed by atoms with Gasteiger partial charge in [0.25, 0.3) is 0 Å². The fourth-order valence-electron chi connectivity index (χ4n) is 2.01. The van der Waals surface area contributed by atoms with E-state index in [9.17, 15) is 8.42 Å². The number of nitrogens with one attached hydrogen (secondary N) is 1. The molecule has 2 unspecified atom stereocenters. The van der Waals surface area contributed by atoms with Crippen LogP contribution in [-0.4, -0.2) is 34.1 Å². The Morgan fingerprint density at radius 1 is 1.33 bits per heavy atom. The van der Waals surface area contributed by atoms with Crippen molar-refractivity contribution in [2.45, 2.75) is 25.1 Å². The van der Waals surface area contributed by atoms with Crippen LogP contribution in [0.3, 0.4) is 0 Å². The van der Waals surface area contributed by atoms with Crippen LogP contribution in [-0.2, 0) is 9.84 Å². The highest BCUT2D eigenvalue weighted by atomic mass is 32.2. The molecule has 1 N–H and O–H groups in total. The van der Waals surface area contributed by atoms with E-state index in [2.05, 4.69) is 5.32 Å². The van der Waals surface area contributed by atoms with Gasteiger partial charge in [0.05, 0.1) is 12.4 Å². The lowest BCUT2D eigenvalue weighted by Crippen LogP contribution is -2.33. The molecule has 0 bridgehead atoms. The molecule has 0 aromatic heterocycles. The first-order chi connectivity index (χ1) is 8.31. The van der Waals surface area contributed by atoms with Crippen LogP contribution in [0, 0.1) is 6.92 Å². The number of ether oxygens (including phenoxy) is 1. The minimum Gasteiger partial charge on any atom is -0.496 e. The minimum absolute atomic E-state index is 0.218. The van der Waals surface area contributed by atoms with E-state index >= 15 is 0 Å². The highest BCUT2D eigenvalue weighted by Crippen LogP contribution is 2.26. The number of hydrogen-bond donors (Lipinski definition) is 1. The molecule has 0 heterocycles. The predicted octanol–water partition coefficient (Wildman–Crippen LogP) is 1.70. The Kier molecular flexibility index (Phi) is 4.76. The molecule has 0 aliphatic heterocycles. The third-order valence-electron chi connectivity index (χ3n) is 3.23. The van der Waals surface area contributed by atoms with Crippen molar-refractivity contribution in [3.8, 4) is 5.75 Å². The zero-order valence-electron chi connectivity index (χ0n) is 11.5. The van der Waals surface area contributed by atoms with Gasteiger partial charge in [0.2, 0.25) is 0 Å². The molecule has 5 heteroatoms. The molecule has 18 heavy (non-hydrogen) atoms. The molecule has 0 aliphatic rings. The van der Waals surface area contributed by atoms with E-state index in [4.69, 9.17) is 4.74 Å². The van der Waals surface area contributed by atoms with Gasteiger partial charge >= 0.3 is 0 Å². The van der Waals surface area contributed by atoms with Gasteiger partial charge in [-0.3, -0.25) is 0 Å². The Hall–Kier alpha value is -1.07. The van der Waals surface area contributed by atoms with Crippen molar-refractivity contribution < 1.29 is 13.2 Å². The van der Waals surface area contributed by atoms with Crippen LogP contribution in [0.5, 0.6) is 5.75 Å². The van der Waals surface area contributed by atoms with E-state index < -0.39 is 15.1 Å². The highest BCUT2D eigenvalue weighted by Gasteiger charge is 2.26. The summed E-state index contributed by atoms with van der Waals surface area (Å²) in [7, 11) is 0.307. The summed E-state index contributed by atoms with van der Waals surface area (Å²) in [6.45, 7) is 3.66. The second-order valence-electron chi connectivity index (χ2n) is 4.53. The van der Waals surface area contributed by atoms with E-state index in [1.807, 2.05) is 25.1 Å². The number of hydrogen-bond acceptors (Lipinski definition) is 4. The van der Waals surface area contributed by atoms with Crippen molar-refractivity contribution in [2.24, 2.45) is 0 Å². The van der Waals surface area contributed by atoms with Crippen molar-refractivity contribution in [3.63, 3.8) is 0 Å². The molecule has 4 nitrogen and oxygen atoms in total. The monoisotopic (exact) mass is 271 g/mol. The van der Waals surface area contributed by atoms with Crippen molar-refractivity contribution in [1.82, 2.24) is 5.32 Å². The summed E-state index contributed by atoms with van der Waals surface area (Å²) < 4.78 is 28.5. The van der Waals surface area contributed by atoms with Gasteiger partial charge in [-0.25, -0.2) is 8.42 Å². The molecule has 0 radical (unpaired) electrons. The number of sulfone groups is 1. The molecule has 0 saturated carbocycles. The average molecular weight is 271 g/mol. The lowest BCUT2D eigenvalue weighted by Gasteiger charge is -2.23. The lowest BCUT2D eigenvalue weighted by molar-refractivity contribution is 0.411. The molecule has 0 saturated heterocycles. The second kappa shape index (κ2) is 5.71. The Bertz CT molecular complexity index is 511.